The molecule has 0 saturated heterocycles. The van der Waals surface area contributed by atoms with Crippen molar-refractivity contribution in [3.05, 3.63) is 106 Å². The predicted molar refractivity (Wildman–Crippen MR) is 138 cm³/mol. The first kappa shape index (κ1) is 24.1. The Balaban J connectivity index is 1.53. The molecule has 0 aliphatic rings. The zero-order valence-electron chi connectivity index (χ0n) is 19.2. The molecule has 2 amide bonds. The summed E-state index contributed by atoms with van der Waals surface area (Å²) in [5, 5.41) is 8.53. The van der Waals surface area contributed by atoms with Crippen LogP contribution in [0, 0.1) is 6.92 Å². The van der Waals surface area contributed by atoms with Gasteiger partial charge in [0, 0.05) is 23.2 Å². The zero-order valence-corrected chi connectivity index (χ0v) is 20.0. The van der Waals surface area contributed by atoms with Crippen molar-refractivity contribution in [2.75, 3.05) is 5.32 Å². The van der Waals surface area contributed by atoms with Crippen molar-refractivity contribution in [1.29, 1.82) is 0 Å². The van der Waals surface area contributed by atoms with Gasteiger partial charge in [0.15, 0.2) is 0 Å². The number of carbonyl (C=O) groups is 2. The van der Waals surface area contributed by atoms with Crippen molar-refractivity contribution in [2.24, 2.45) is 5.73 Å². The lowest BCUT2D eigenvalue weighted by Crippen LogP contribution is -2.37. The lowest BCUT2D eigenvalue weighted by Gasteiger charge is -2.19. The second-order valence-corrected chi connectivity index (χ2v) is 8.97. The number of hydrogen-bond donors (Lipinski definition) is 3. The third-order valence-electron chi connectivity index (χ3n) is 5.33. The van der Waals surface area contributed by atoms with Crippen LogP contribution in [0.15, 0.2) is 84.2 Å². The zero-order chi connectivity index (χ0) is 24.6. The molecule has 35 heavy (non-hydrogen) atoms. The van der Waals surface area contributed by atoms with Crippen molar-refractivity contribution in [1.82, 2.24) is 10.3 Å². The largest absolute Gasteiger partial charge is 0.445 e. The summed E-state index contributed by atoms with van der Waals surface area (Å²) in [7, 11) is 0. The molecule has 0 unspecified atom stereocenters. The van der Waals surface area contributed by atoms with Crippen LogP contribution in [-0.2, 0) is 22.7 Å². The van der Waals surface area contributed by atoms with Crippen LogP contribution in [0.1, 0.15) is 27.7 Å². The van der Waals surface area contributed by atoms with Crippen molar-refractivity contribution in [3.63, 3.8) is 0 Å². The highest BCUT2D eigenvalue weighted by molar-refractivity contribution is 7.09. The Bertz CT molecular complexity index is 1290. The molecule has 4 N–H and O–H groups in total. The lowest BCUT2D eigenvalue weighted by molar-refractivity contribution is -0.118. The molecule has 7 nitrogen and oxygen atoms in total. The van der Waals surface area contributed by atoms with Gasteiger partial charge in [0.25, 0.3) is 5.91 Å². The Morgan fingerprint density at radius 3 is 2.43 bits per heavy atom. The summed E-state index contributed by atoms with van der Waals surface area (Å²) in [6.07, 6.45) is -0.691. The molecule has 0 bridgehead atoms. The fourth-order valence-corrected chi connectivity index (χ4v) is 4.14. The number of rotatable bonds is 8. The number of ether oxygens (including phenoxy) is 1. The molecular formula is C27H26N4O3S. The topological polar surface area (TPSA) is 106 Å². The molecule has 3 aromatic carbocycles. The molecule has 8 heteroatoms. The average molecular weight is 487 g/mol. The van der Waals surface area contributed by atoms with Gasteiger partial charge in [0.05, 0.1) is 10.7 Å². The van der Waals surface area contributed by atoms with Crippen molar-refractivity contribution in [2.45, 2.75) is 26.1 Å². The van der Waals surface area contributed by atoms with E-state index in [1.165, 1.54) is 0 Å². The van der Waals surface area contributed by atoms with Crippen LogP contribution in [0.25, 0.3) is 11.3 Å². The number of thiazole rings is 1. The first-order valence-corrected chi connectivity index (χ1v) is 12.0. The van der Waals surface area contributed by atoms with E-state index in [2.05, 4.69) is 15.6 Å². The Hall–Kier alpha value is -4.01. The van der Waals surface area contributed by atoms with E-state index in [9.17, 15) is 9.59 Å². The maximum atomic E-state index is 13.3. The number of hydrogen-bond acceptors (Lipinski definition) is 6. The summed E-state index contributed by atoms with van der Waals surface area (Å²) in [5.74, 6) is -0.395. The number of anilines is 1. The number of carbonyl (C=O) groups excluding carboxylic acids is 2. The van der Waals surface area contributed by atoms with Crippen LogP contribution < -0.4 is 16.4 Å². The maximum absolute atomic E-state index is 13.3. The first-order valence-electron chi connectivity index (χ1n) is 11.1. The standard InChI is InChI=1S/C27H26N4O3S/c1-18-29-24(17-35-18)21-10-12-22(13-11-21)25(26(32)30-23-9-5-8-20(14-23)15-28)31-27(33)34-16-19-6-3-2-4-7-19/h2-14,17,25H,15-16,28H2,1H3,(H,30,32)(H,31,33)/t25-/m1/s1. The quantitative estimate of drug-likeness (QED) is 0.318. The van der Waals surface area contributed by atoms with E-state index in [4.69, 9.17) is 10.5 Å². The van der Waals surface area contributed by atoms with Gasteiger partial charge < -0.3 is 21.1 Å². The highest BCUT2D eigenvalue weighted by atomic mass is 32.1. The minimum Gasteiger partial charge on any atom is -0.445 e. The van der Waals surface area contributed by atoms with Crippen molar-refractivity contribution >= 4 is 29.0 Å². The molecule has 0 radical (unpaired) electrons. The van der Waals surface area contributed by atoms with E-state index in [1.807, 2.05) is 79.0 Å². The van der Waals surface area contributed by atoms with Crippen LogP contribution >= 0.6 is 11.3 Å². The summed E-state index contributed by atoms with van der Waals surface area (Å²) >= 11 is 1.57. The van der Waals surface area contributed by atoms with Crippen LogP contribution in [0.4, 0.5) is 10.5 Å². The molecule has 0 fully saturated rings. The van der Waals surface area contributed by atoms with E-state index < -0.39 is 18.0 Å². The highest BCUT2D eigenvalue weighted by Gasteiger charge is 2.24. The number of nitrogens with one attached hydrogen (secondary N) is 2. The molecule has 1 heterocycles. The van der Waals surface area contributed by atoms with E-state index in [-0.39, 0.29) is 6.61 Å². The fraction of sp³-hybridized carbons (Fsp3) is 0.148. The van der Waals surface area contributed by atoms with Crippen molar-refractivity contribution < 1.29 is 14.3 Å². The summed E-state index contributed by atoms with van der Waals surface area (Å²) in [6.45, 7) is 2.41. The van der Waals surface area contributed by atoms with E-state index in [1.54, 1.807) is 23.5 Å². The predicted octanol–water partition coefficient (Wildman–Crippen LogP) is 5.18. The number of benzene rings is 3. The molecule has 0 aliphatic carbocycles. The van der Waals surface area contributed by atoms with Gasteiger partial charge in [0.1, 0.15) is 12.6 Å². The number of amides is 2. The monoisotopic (exact) mass is 486 g/mol. The van der Waals surface area contributed by atoms with Gasteiger partial charge >= 0.3 is 6.09 Å². The molecule has 0 spiro atoms. The van der Waals surface area contributed by atoms with Gasteiger partial charge in [-0.15, -0.1) is 11.3 Å². The van der Waals surface area contributed by atoms with Crippen LogP contribution in [0.3, 0.4) is 0 Å². The number of nitrogens with zero attached hydrogens (tertiary/aromatic N) is 1. The van der Waals surface area contributed by atoms with Gasteiger partial charge in [-0.3, -0.25) is 4.79 Å². The van der Waals surface area contributed by atoms with Crippen molar-refractivity contribution in [3.8, 4) is 11.3 Å². The maximum Gasteiger partial charge on any atom is 0.408 e. The van der Waals surface area contributed by atoms with Crippen LogP contribution in [-0.4, -0.2) is 17.0 Å². The number of alkyl carbamates (subject to hydrolysis) is 1. The third-order valence-corrected chi connectivity index (χ3v) is 6.10. The molecule has 4 aromatic rings. The molecule has 1 aromatic heterocycles. The normalized spacial score (nSPS) is 11.5. The third kappa shape index (κ3) is 6.53. The summed E-state index contributed by atoms with van der Waals surface area (Å²) in [4.78, 5) is 30.4. The average Bonchev–Trinajstić information content (AvgIpc) is 3.33. The van der Waals surface area contributed by atoms with Crippen LogP contribution in [0.5, 0.6) is 0 Å². The Morgan fingerprint density at radius 2 is 1.74 bits per heavy atom. The molecule has 4 rings (SSSR count). The molecule has 0 saturated carbocycles. The smallest absolute Gasteiger partial charge is 0.408 e. The minimum absolute atomic E-state index is 0.0989. The van der Waals surface area contributed by atoms with E-state index in [0.29, 0.717) is 17.8 Å². The van der Waals surface area contributed by atoms with Gasteiger partial charge in [-0.1, -0.05) is 66.7 Å². The number of nitrogens with two attached hydrogens (primary N) is 1. The van der Waals surface area contributed by atoms with Gasteiger partial charge in [-0.2, -0.15) is 0 Å². The Labute approximate surface area is 208 Å². The fourth-order valence-electron chi connectivity index (χ4n) is 3.52. The minimum atomic E-state index is -0.967. The summed E-state index contributed by atoms with van der Waals surface area (Å²) < 4.78 is 5.36. The van der Waals surface area contributed by atoms with E-state index >= 15 is 0 Å². The molecule has 1 atom stereocenters. The van der Waals surface area contributed by atoms with Crippen LogP contribution in [0.2, 0.25) is 0 Å². The summed E-state index contributed by atoms with van der Waals surface area (Å²) in [6, 6.07) is 23.0. The second kappa shape index (κ2) is 11.4. The number of aromatic nitrogens is 1. The molecular weight excluding hydrogens is 460 g/mol. The summed E-state index contributed by atoms with van der Waals surface area (Å²) in [5.41, 5.74) is 10.5. The van der Waals surface area contributed by atoms with Gasteiger partial charge in [-0.25, -0.2) is 9.78 Å². The van der Waals surface area contributed by atoms with Gasteiger partial charge in [-0.05, 0) is 35.7 Å². The molecule has 0 aliphatic heterocycles. The first-order chi connectivity index (χ1) is 17.0. The van der Waals surface area contributed by atoms with E-state index in [0.717, 1.165) is 27.4 Å². The lowest BCUT2D eigenvalue weighted by atomic mass is 10.0. The van der Waals surface area contributed by atoms with Gasteiger partial charge in [0.2, 0.25) is 0 Å². The number of aryl methyl sites for hydroxylation is 1. The second-order valence-electron chi connectivity index (χ2n) is 7.91. The molecule has 178 valence electrons. The highest BCUT2D eigenvalue weighted by Crippen LogP contribution is 2.24. The Kier molecular flexibility index (Phi) is 7.87. The SMILES string of the molecule is Cc1nc(-c2ccc([C@@H](NC(=O)OCc3ccccc3)C(=O)Nc3cccc(CN)c3)cc2)cs1. The Morgan fingerprint density at radius 1 is 1.00 bits per heavy atom.